The average molecular weight is 741 g/mol. The number of hydrogen-bond donors (Lipinski definition) is 0. The summed E-state index contributed by atoms with van der Waals surface area (Å²) < 4.78 is 33.2. The molecule has 0 N–H and O–H groups in total. The molecule has 0 spiro atoms. The summed E-state index contributed by atoms with van der Waals surface area (Å²) in [5.74, 6) is -0.606. The molecule has 1 fully saturated rings. The molecule has 2 aliphatic heterocycles. The molecule has 0 amide bonds. The summed E-state index contributed by atoms with van der Waals surface area (Å²) in [6, 6.07) is 23.9. The SMILES string of the molecule is Cc1c(-c2cccnc2)nc2cc(F)ccc2c1Cl.Cc1c(-c2cccnc2)nc2cc(F)ccc2c1N1CC(C)(C)c2ccc(N3CCOCC3)cc21. The first-order valence-electron chi connectivity index (χ1n) is 18.0. The van der Waals surface area contributed by atoms with Crippen LogP contribution >= 0.6 is 11.6 Å². The van der Waals surface area contributed by atoms with Gasteiger partial charge in [-0.15, -0.1) is 0 Å². The molecule has 0 bridgehead atoms. The number of ether oxygens (including phenoxy) is 1. The lowest BCUT2D eigenvalue weighted by Gasteiger charge is -2.30. The van der Waals surface area contributed by atoms with Crippen LogP contribution in [-0.2, 0) is 10.2 Å². The van der Waals surface area contributed by atoms with E-state index in [0.29, 0.717) is 16.1 Å². The van der Waals surface area contributed by atoms with Crippen LogP contribution in [0.2, 0.25) is 5.02 Å². The van der Waals surface area contributed by atoms with E-state index in [2.05, 4.69) is 63.7 Å². The van der Waals surface area contributed by atoms with Crippen LogP contribution in [0.3, 0.4) is 0 Å². The van der Waals surface area contributed by atoms with Gasteiger partial charge in [0.1, 0.15) is 11.6 Å². The predicted molar refractivity (Wildman–Crippen MR) is 214 cm³/mol. The van der Waals surface area contributed by atoms with E-state index in [1.54, 1.807) is 24.7 Å². The molecule has 4 aromatic heterocycles. The highest BCUT2D eigenvalue weighted by atomic mass is 35.5. The predicted octanol–water partition coefficient (Wildman–Crippen LogP) is 10.4. The van der Waals surface area contributed by atoms with Crippen molar-refractivity contribution in [3.8, 4) is 22.5 Å². The lowest BCUT2D eigenvalue weighted by Crippen LogP contribution is -2.36. The summed E-state index contributed by atoms with van der Waals surface area (Å²) in [5, 5.41) is 2.31. The van der Waals surface area contributed by atoms with Crippen molar-refractivity contribution in [3.05, 3.63) is 137 Å². The fourth-order valence-corrected chi connectivity index (χ4v) is 7.87. The molecule has 54 heavy (non-hydrogen) atoms. The number of hydrogen-bond acceptors (Lipinski definition) is 7. The van der Waals surface area contributed by atoms with Gasteiger partial charge >= 0.3 is 0 Å². The summed E-state index contributed by atoms with van der Waals surface area (Å²) >= 11 is 6.35. The largest absolute Gasteiger partial charge is 0.378 e. The van der Waals surface area contributed by atoms with Gasteiger partial charge in [0.05, 0.1) is 46.3 Å². The molecule has 0 unspecified atom stereocenters. The summed E-state index contributed by atoms with van der Waals surface area (Å²) in [6.45, 7) is 12.7. The lowest BCUT2D eigenvalue weighted by atomic mass is 9.87. The molecule has 0 atom stereocenters. The van der Waals surface area contributed by atoms with Crippen LogP contribution in [0, 0.1) is 25.5 Å². The van der Waals surface area contributed by atoms with Crippen molar-refractivity contribution in [3.63, 3.8) is 0 Å². The standard InChI is InChI=1S/C29H29FN4O.C15H10ClFN2/c1-19-27(20-5-4-10-31-17-20)32-25-15-21(30)6-8-23(25)28(19)34-18-29(2,3)24-9-7-22(16-26(24)34)33-11-13-35-14-12-33;1-9-14(16)12-5-4-11(17)7-13(12)19-15(9)10-3-2-6-18-8-10/h4-10,15-17H,11-14,18H2,1-3H3;2-8H,1H3. The van der Waals surface area contributed by atoms with Gasteiger partial charge in [0.25, 0.3) is 0 Å². The molecule has 272 valence electrons. The summed E-state index contributed by atoms with van der Waals surface area (Å²) in [5.41, 5.74) is 11.3. The number of aromatic nitrogens is 4. The molecular weight excluding hydrogens is 702 g/mol. The van der Waals surface area contributed by atoms with Crippen LogP contribution in [0.25, 0.3) is 44.3 Å². The van der Waals surface area contributed by atoms with E-state index >= 15 is 0 Å². The van der Waals surface area contributed by atoms with E-state index in [4.69, 9.17) is 21.3 Å². The minimum Gasteiger partial charge on any atom is -0.378 e. The third-order valence-corrected chi connectivity index (χ3v) is 10.8. The molecule has 6 heterocycles. The number of pyridine rings is 4. The normalized spacial score (nSPS) is 14.9. The molecule has 10 heteroatoms. The third kappa shape index (κ3) is 6.63. The van der Waals surface area contributed by atoms with E-state index in [1.807, 2.05) is 43.5 Å². The van der Waals surface area contributed by atoms with Gasteiger partial charge in [0.2, 0.25) is 0 Å². The molecule has 7 nitrogen and oxygen atoms in total. The van der Waals surface area contributed by atoms with Crippen LogP contribution in [0.1, 0.15) is 30.5 Å². The minimum atomic E-state index is -0.322. The van der Waals surface area contributed by atoms with Gasteiger partial charge in [-0.2, -0.15) is 0 Å². The average Bonchev–Trinajstić information content (AvgIpc) is 3.46. The summed E-state index contributed by atoms with van der Waals surface area (Å²) in [7, 11) is 0. The van der Waals surface area contributed by atoms with E-state index < -0.39 is 0 Å². The van der Waals surface area contributed by atoms with E-state index in [1.165, 1.54) is 41.2 Å². The van der Waals surface area contributed by atoms with Crippen LogP contribution in [0.15, 0.2) is 104 Å². The van der Waals surface area contributed by atoms with Crippen LogP contribution in [-0.4, -0.2) is 52.8 Å². The second-order valence-electron chi connectivity index (χ2n) is 14.4. The van der Waals surface area contributed by atoms with Crippen molar-refractivity contribution in [2.75, 3.05) is 42.6 Å². The van der Waals surface area contributed by atoms with Crippen LogP contribution < -0.4 is 9.80 Å². The van der Waals surface area contributed by atoms with E-state index in [9.17, 15) is 8.78 Å². The Kier molecular flexibility index (Phi) is 9.46. The monoisotopic (exact) mass is 740 g/mol. The highest BCUT2D eigenvalue weighted by molar-refractivity contribution is 6.36. The maximum absolute atomic E-state index is 14.3. The van der Waals surface area contributed by atoms with Crippen LogP contribution in [0.5, 0.6) is 0 Å². The maximum Gasteiger partial charge on any atom is 0.125 e. The highest BCUT2D eigenvalue weighted by Crippen LogP contribution is 2.49. The highest BCUT2D eigenvalue weighted by Gasteiger charge is 2.38. The zero-order valence-electron chi connectivity index (χ0n) is 30.6. The van der Waals surface area contributed by atoms with Gasteiger partial charge in [-0.1, -0.05) is 31.5 Å². The number of nitrogens with zero attached hydrogens (tertiary/aromatic N) is 6. The van der Waals surface area contributed by atoms with Crippen LogP contribution in [0.4, 0.5) is 25.8 Å². The zero-order valence-corrected chi connectivity index (χ0v) is 31.3. The van der Waals surface area contributed by atoms with Crippen molar-refractivity contribution in [1.29, 1.82) is 0 Å². The first-order valence-corrected chi connectivity index (χ1v) is 18.4. The minimum absolute atomic E-state index is 0.0323. The molecule has 1 saturated heterocycles. The Balaban J connectivity index is 0.000000183. The molecule has 2 aliphatic rings. The smallest absolute Gasteiger partial charge is 0.125 e. The van der Waals surface area contributed by atoms with Gasteiger partial charge in [-0.05, 0) is 91.2 Å². The van der Waals surface area contributed by atoms with Crippen molar-refractivity contribution in [2.24, 2.45) is 0 Å². The Morgan fingerprint density at radius 2 is 1.31 bits per heavy atom. The number of rotatable bonds is 4. The Morgan fingerprint density at radius 3 is 1.93 bits per heavy atom. The first kappa shape index (κ1) is 35.5. The number of benzene rings is 3. The second kappa shape index (κ2) is 14.4. The quantitative estimate of drug-likeness (QED) is 0.178. The molecule has 0 saturated carbocycles. The van der Waals surface area contributed by atoms with Gasteiger partial charge in [-0.3, -0.25) is 9.97 Å². The Bertz CT molecular complexity index is 2510. The van der Waals surface area contributed by atoms with E-state index in [0.717, 1.165) is 82.9 Å². The van der Waals surface area contributed by atoms with Crippen molar-refractivity contribution in [2.45, 2.75) is 33.1 Å². The van der Waals surface area contributed by atoms with Gasteiger partial charge in [-0.25, -0.2) is 18.7 Å². The first-order chi connectivity index (χ1) is 26.1. The molecular formula is C44H39ClF2N6O. The molecule has 0 radical (unpaired) electrons. The molecule has 7 aromatic rings. The van der Waals surface area contributed by atoms with Crippen molar-refractivity contribution >= 4 is 50.5 Å². The van der Waals surface area contributed by atoms with E-state index in [-0.39, 0.29) is 17.0 Å². The summed E-state index contributed by atoms with van der Waals surface area (Å²) in [6.07, 6.45) is 6.99. The fourth-order valence-electron chi connectivity index (χ4n) is 7.62. The fraction of sp³-hybridized carbons (Fsp3) is 0.227. The lowest BCUT2D eigenvalue weighted by molar-refractivity contribution is 0.122. The number of morpholine rings is 1. The third-order valence-electron chi connectivity index (χ3n) is 10.3. The van der Waals surface area contributed by atoms with Crippen molar-refractivity contribution < 1.29 is 13.5 Å². The van der Waals surface area contributed by atoms with Gasteiger partial charge < -0.3 is 14.5 Å². The van der Waals surface area contributed by atoms with Gasteiger partial charge in [0, 0.05) is 95.2 Å². The Labute approximate surface area is 318 Å². The maximum atomic E-state index is 14.3. The molecule has 0 aliphatic carbocycles. The second-order valence-corrected chi connectivity index (χ2v) is 14.8. The number of halogens is 3. The summed E-state index contributed by atoms with van der Waals surface area (Å²) in [4.78, 5) is 22.6. The number of anilines is 3. The molecule has 9 rings (SSSR count). The topological polar surface area (TPSA) is 67.3 Å². The Hall–Kier alpha value is -5.51. The number of fused-ring (bicyclic) bond motifs is 3. The zero-order chi connectivity index (χ0) is 37.6. The molecule has 3 aromatic carbocycles. The Morgan fingerprint density at radius 1 is 0.722 bits per heavy atom. The van der Waals surface area contributed by atoms with Gasteiger partial charge in [0.15, 0.2) is 0 Å². The van der Waals surface area contributed by atoms with Crippen molar-refractivity contribution in [1.82, 2.24) is 19.9 Å².